The Labute approximate surface area is 258 Å². The van der Waals surface area contributed by atoms with Gasteiger partial charge in [0.05, 0.1) is 5.52 Å². The van der Waals surface area contributed by atoms with Crippen molar-refractivity contribution in [3.63, 3.8) is 0 Å². The third-order valence-electron chi connectivity index (χ3n) is 8.53. The number of allylic oxidation sites excluding steroid dienone is 1. The summed E-state index contributed by atoms with van der Waals surface area (Å²) in [6.45, 7) is 0. The molecule has 1 aliphatic rings. The molecule has 0 spiro atoms. The van der Waals surface area contributed by atoms with Crippen molar-refractivity contribution in [2.45, 2.75) is 12.8 Å². The van der Waals surface area contributed by atoms with E-state index in [9.17, 15) is 0 Å². The molecule has 4 nitrogen and oxygen atoms in total. The summed E-state index contributed by atoms with van der Waals surface area (Å²) in [6, 6.07) is 42.5. The molecule has 3 heterocycles. The van der Waals surface area contributed by atoms with Crippen LogP contribution in [0.5, 0.6) is 0 Å². The van der Waals surface area contributed by atoms with Crippen LogP contribution in [0.4, 0.5) is 0 Å². The van der Waals surface area contributed by atoms with Crippen LogP contribution in [0.2, 0.25) is 0 Å². The molecule has 0 fully saturated rings. The lowest BCUT2D eigenvalue weighted by Crippen LogP contribution is -2.02. The van der Waals surface area contributed by atoms with Crippen LogP contribution in [0, 0.1) is 0 Å². The Bertz CT molecular complexity index is 2400. The number of fused-ring (bicyclic) bond motifs is 6. The van der Waals surface area contributed by atoms with Crippen LogP contribution in [-0.2, 0) is 6.42 Å². The van der Waals surface area contributed by atoms with Gasteiger partial charge in [0.15, 0.2) is 17.5 Å². The van der Waals surface area contributed by atoms with Crippen molar-refractivity contribution in [3.8, 4) is 39.9 Å². The maximum Gasteiger partial charge on any atom is 0.164 e. The van der Waals surface area contributed by atoms with E-state index in [0.29, 0.717) is 17.5 Å². The van der Waals surface area contributed by atoms with Crippen LogP contribution < -0.4 is 0 Å². The molecule has 0 radical (unpaired) electrons. The van der Waals surface area contributed by atoms with Crippen LogP contribution in [0.3, 0.4) is 0 Å². The molecule has 208 valence electrons. The number of aromatic nitrogens is 4. The zero-order chi connectivity index (χ0) is 29.0. The highest BCUT2D eigenvalue weighted by Crippen LogP contribution is 2.40. The van der Waals surface area contributed by atoms with Crippen molar-refractivity contribution in [1.29, 1.82) is 0 Å². The highest BCUT2D eigenvalue weighted by Gasteiger charge is 2.20. The average Bonchev–Trinajstić information content (AvgIpc) is 3.65. The number of benzene rings is 5. The SMILES string of the molecule is C1=Cc2c(c3ccccc3n2-c2cccc(-c3nc(-c4ccccc4)nc(-c4cccc5sc6ccccc6c45)n3)c2)CC1. The van der Waals surface area contributed by atoms with E-state index >= 15 is 0 Å². The normalized spacial score (nSPS) is 12.7. The fourth-order valence-corrected chi connectivity index (χ4v) is 7.68. The molecule has 1 aliphatic carbocycles. The van der Waals surface area contributed by atoms with E-state index in [4.69, 9.17) is 15.0 Å². The van der Waals surface area contributed by atoms with Gasteiger partial charge in [-0.05, 0) is 54.8 Å². The summed E-state index contributed by atoms with van der Waals surface area (Å²) >= 11 is 1.80. The third kappa shape index (κ3) is 4.01. The molecule has 0 amide bonds. The second-order valence-electron chi connectivity index (χ2n) is 11.2. The molecule has 3 aromatic heterocycles. The Hall–Kier alpha value is -5.39. The minimum Gasteiger partial charge on any atom is -0.310 e. The smallest absolute Gasteiger partial charge is 0.164 e. The van der Waals surface area contributed by atoms with Crippen LogP contribution in [0.1, 0.15) is 17.7 Å². The second kappa shape index (κ2) is 10.1. The molecule has 0 saturated carbocycles. The maximum atomic E-state index is 5.17. The van der Waals surface area contributed by atoms with Crippen LogP contribution in [0.15, 0.2) is 127 Å². The second-order valence-corrected chi connectivity index (χ2v) is 12.2. The van der Waals surface area contributed by atoms with Gasteiger partial charge in [-0.25, -0.2) is 15.0 Å². The zero-order valence-corrected chi connectivity index (χ0v) is 24.6. The lowest BCUT2D eigenvalue weighted by Gasteiger charge is -2.14. The van der Waals surface area contributed by atoms with Gasteiger partial charge in [0.25, 0.3) is 0 Å². The molecule has 9 rings (SSSR count). The summed E-state index contributed by atoms with van der Waals surface area (Å²) in [5, 5.41) is 3.74. The third-order valence-corrected chi connectivity index (χ3v) is 9.67. The van der Waals surface area contributed by atoms with Gasteiger partial charge in [-0.3, -0.25) is 0 Å². The average molecular weight is 583 g/mol. The van der Waals surface area contributed by atoms with Gasteiger partial charge < -0.3 is 4.57 Å². The highest BCUT2D eigenvalue weighted by molar-refractivity contribution is 7.25. The molecule has 0 bridgehead atoms. The number of para-hydroxylation sites is 1. The summed E-state index contributed by atoms with van der Waals surface area (Å²) < 4.78 is 4.87. The van der Waals surface area contributed by atoms with E-state index in [0.717, 1.165) is 35.2 Å². The molecule has 0 aliphatic heterocycles. The summed E-state index contributed by atoms with van der Waals surface area (Å²) in [4.78, 5) is 15.3. The predicted octanol–water partition coefficient (Wildman–Crippen LogP) is 10.1. The number of hydrogen-bond donors (Lipinski definition) is 0. The largest absolute Gasteiger partial charge is 0.310 e. The van der Waals surface area contributed by atoms with Crippen molar-refractivity contribution >= 4 is 48.5 Å². The quantitative estimate of drug-likeness (QED) is 0.207. The van der Waals surface area contributed by atoms with E-state index in [1.165, 1.54) is 42.3 Å². The zero-order valence-electron chi connectivity index (χ0n) is 23.8. The standard InChI is InChI=1S/C39H26N4S/c1-2-12-25(13-3-1)37-40-38(42-39(41-37)31-19-11-23-35-36(31)30-18-6-9-22-34(30)44-35)26-14-10-15-27(24-26)43-32-20-7-4-16-28(32)29-17-5-8-21-33(29)43/h1-4,6-16,18-24H,5,17H2. The van der Waals surface area contributed by atoms with Gasteiger partial charge in [-0.15, -0.1) is 11.3 Å². The minimum atomic E-state index is 0.660. The fraction of sp³-hybridized carbons (Fsp3) is 0.0513. The maximum absolute atomic E-state index is 5.17. The van der Waals surface area contributed by atoms with Crippen molar-refractivity contribution in [3.05, 3.63) is 139 Å². The van der Waals surface area contributed by atoms with E-state index in [2.05, 4.69) is 120 Å². The molecule has 0 unspecified atom stereocenters. The van der Waals surface area contributed by atoms with Crippen molar-refractivity contribution in [2.75, 3.05) is 0 Å². The van der Waals surface area contributed by atoms with Crippen LogP contribution >= 0.6 is 11.3 Å². The number of nitrogens with zero attached hydrogens (tertiary/aromatic N) is 4. The van der Waals surface area contributed by atoms with E-state index in [1.807, 2.05) is 18.2 Å². The van der Waals surface area contributed by atoms with E-state index in [1.54, 1.807) is 11.3 Å². The van der Waals surface area contributed by atoms with Gasteiger partial charge in [-0.2, -0.15) is 0 Å². The van der Waals surface area contributed by atoms with Gasteiger partial charge >= 0.3 is 0 Å². The highest BCUT2D eigenvalue weighted by atomic mass is 32.1. The lowest BCUT2D eigenvalue weighted by atomic mass is 10.0. The summed E-state index contributed by atoms with van der Waals surface area (Å²) in [7, 11) is 0. The van der Waals surface area contributed by atoms with Gasteiger partial charge in [0, 0.05) is 53.6 Å². The predicted molar refractivity (Wildman–Crippen MR) is 183 cm³/mol. The molecule has 5 heteroatoms. The summed E-state index contributed by atoms with van der Waals surface area (Å²) in [5.74, 6) is 2.01. The Balaban J connectivity index is 1.27. The minimum absolute atomic E-state index is 0.660. The Morgan fingerprint density at radius 1 is 0.591 bits per heavy atom. The van der Waals surface area contributed by atoms with Crippen molar-refractivity contribution < 1.29 is 0 Å². The number of thiophene rings is 1. The molecular formula is C39H26N4S. The topological polar surface area (TPSA) is 43.6 Å². The monoisotopic (exact) mass is 582 g/mol. The van der Waals surface area contributed by atoms with Crippen LogP contribution in [0.25, 0.3) is 77.0 Å². The molecule has 0 N–H and O–H groups in total. The number of aryl methyl sites for hydroxylation is 1. The molecule has 0 saturated heterocycles. The van der Waals surface area contributed by atoms with Crippen molar-refractivity contribution in [2.24, 2.45) is 0 Å². The first-order valence-electron chi connectivity index (χ1n) is 14.9. The Morgan fingerprint density at radius 3 is 2.20 bits per heavy atom. The first-order valence-corrected chi connectivity index (χ1v) is 15.8. The van der Waals surface area contributed by atoms with Crippen molar-refractivity contribution in [1.82, 2.24) is 19.5 Å². The van der Waals surface area contributed by atoms with Gasteiger partial charge in [-0.1, -0.05) is 97.1 Å². The molecule has 44 heavy (non-hydrogen) atoms. The number of hydrogen-bond acceptors (Lipinski definition) is 4. The van der Waals surface area contributed by atoms with Gasteiger partial charge in [0.1, 0.15) is 0 Å². The van der Waals surface area contributed by atoms with Gasteiger partial charge in [0.2, 0.25) is 0 Å². The fourth-order valence-electron chi connectivity index (χ4n) is 6.55. The Kier molecular flexibility index (Phi) is 5.78. The Morgan fingerprint density at radius 2 is 1.30 bits per heavy atom. The van der Waals surface area contributed by atoms with E-state index < -0.39 is 0 Å². The molecular weight excluding hydrogens is 557 g/mol. The number of rotatable bonds is 4. The first kappa shape index (κ1) is 25.1. The first-order chi connectivity index (χ1) is 21.8. The summed E-state index contributed by atoms with van der Waals surface area (Å²) in [6.07, 6.45) is 6.68. The summed E-state index contributed by atoms with van der Waals surface area (Å²) in [5.41, 5.74) is 7.93. The molecule has 5 aromatic carbocycles. The molecule has 0 atom stereocenters. The molecule has 8 aromatic rings. The van der Waals surface area contributed by atoms with E-state index in [-0.39, 0.29) is 0 Å². The van der Waals surface area contributed by atoms with Crippen LogP contribution in [-0.4, -0.2) is 19.5 Å². The lowest BCUT2D eigenvalue weighted by molar-refractivity contribution is 0.967.